The monoisotopic (exact) mass is 437 g/mol. The summed E-state index contributed by atoms with van der Waals surface area (Å²) in [6.45, 7) is 6.24. The van der Waals surface area contributed by atoms with Crippen LogP contribution >= 0.6 is 0 Å². The van der Waals surface area contributed by atoms with Crippen molar-refractivity contribution in [2.24, 2.45) is 4.99 Å². The number of hydrogen-bond donors (Lipinski definition) is 3. The molecule has 2 aromatic rings. The number of likely N-dealkylation sites (tertiary alicyclic amines) is 1. The van der Waals surface area contributed by atoms with Crippen molar-refractivity contribution in [1.82, 2.24) is 20.9 Å². The zero-order valence-electron chi connectivity index (χ0n) is 19.1. The zero-order valence-corrected chi connectivity index (χ0v) is 19.1. The first-order valence-corrected chi connectivity index (χ1v) is 11.4. The van der Waals surface area contributed by atoms with Crippen molar-refractivity contribution < 1.29 is 9.53 Å². The largest absolute Gasteiger partial charge is 0.497 e. The van der Waals surface area contributed by atoms with E-state index in [1.807, 2.05) is 49.4 Å². The molecule has 7 heteroatoms. The van der Waals surface area contributed by atoms with Crippen molar-refractivity contribution in [2.75, 3.05) is 39.8 Å². The van der Waals surface area contributed by atoms with Crippen molar-refractivity contribution in [2.45, 2.75) is 32.4 Å². The van der Waals surface area contributed by atoms with Crippen molar-refractivity contribution >= 4 is 11.9 Å². The van der Waals surface area contributed by atoms with Crippen LogP contribution in [-0.2, 0) is 11.3 Å². The molecule has 0 aromatic heterocycles. The Labute approximate surface area is 191 Å². The molecular weight excluding hydrogens is 402 g/mol. The Balaban J connectivity index is 1.58. The third-order valence-corrected chi connectivity index (χ3v) is 5.60. The highest BCUT2D eigenvalue weighted by Crippen LogP contribution is 2.26. The summed E-state index contributed by atoms with van der Waals surface area (Å²) in [5, 5.41) is 9.61. The average molecular weight is 438 g/mol. The van der Waals surface area contributed by atoms with E-state index in [1.165, 1.54) is 18.4 Å². The van der Waals surface area contributed by atoms with Gasteiger partial charge in [0.05, 0.1) is 13.2 Å². The van der Waals surface area contributed by atoms with Gasteiger partial charge in [0.1, 0.15) is 12.3 Å². The molecule has 1 atom stereocenters. The number of carbonyl (C=O) groups is 1. The Morgan fingerprint density at radius 2 is 1.75 bits per heavy atom. The summed E-state index contributed by atoms with van der Waals surface area (Å²) >= 11 is 0. The predicted molar refractivity (Wildman–Crippen MR) is 129 cm³/mol. The molecule has 3 rings (SSSR count). The molecule has 1 unspecified atom stereocenters. The van der Waals surface area contributed by atoms with Crippen LogP contribution in [0.25, 0.3) is 0 Å². The Bertz CT molecular complexity index is 848. The average Bonchev–Trinajstić information content (AvgIpc) is 3.37. The van der Waals surface area contributed by atoms with E-state index in [4.69, 9.17) is 4.74 Å². The molecule has 1 aliphatic heterocycles. The fourth-order valence-corrected chi connectivity index (χ4v) is 3.88. The van der Waals surface area contributed by atoms with Gasteiger partial charge >= 0.3 is 0 Å². The summed E-state index contributed by atoms with van der Waals surface area (Å²) in [4.78, 5) is 19.3. The maximum Gasteiger partial charge on any atom is 0.242 e. The molecule has 0 radical (unpaired) electrons. The van der Waals surface area contributed by atoms with E-state index in [0.29, 0.717) is 19.0 Å². The van der Waals surface area contributed by atoms with Crippen LogP contribution in [0.4, 0.5) is 0 Å². The molecule has 2 aromatic carbocycles. The smallest absolute Gasteiger partial charge is 0.242 e. The number of aliphatic imine (C=N–C) groups is 1. The Morgan fingerprint density at radius 3 is 2.41 bits per heavy atom. The van der Waals surface area contributed by atoms with Gasteiger partial charge < -0.3 is 20.7 Å². The number of benzene rings is 2. The highest BCUT2D eigenvalue weighted by atomic mass is 16.5. The molecule has 172 valence electrons. The van der Waals surface area contributed by atoms with Crippen molar-refractivity contribution in [3.8, 4) is 5.75 Å². The number of nitrogens with zero attached hydrogens (tertiary/aromatic N) is 2. The normalized spacial score (nSPS) is 15.2. The minimum absolute atomic E-state index is 0.0824. The summed E-state index contributed by atoms with van der Waals surface area (Å²) in [5.41, 5.74) is 2.32. The Hall–Kier alpha value is -3.06. The lowest BCUT2D eigenvalue weighted by atomic mass is 10.1. The minimum atomic E-state index is -0.0997. The van der Waals surface area contributed by atoms with Crippen LogP contribution in [0.5, 0.6) is 5.75 Å². The molecule has 32 heavy (non-hydrogen) atoms. The number of guanidine groups is 1. The SMILES string of the molecule is CCNC(=NCC(=O)NCc1ccccc1)NCC(c1ccc(OC)cc1)N1CCCC1. The van der Waals surface area contributed by atoms with E-state index in [9.17, 15) is 4.79 Å². The second-order valence-electron chi connectivity index (χ2n) is 7.87. The van der Waals surface area contributed by atoms with E-state index in [2.05, 4.69) is 38.0 Å². The second kappa shape index (κ2) is 12.7. The van der Waals surface area contributed by atoms with Gasteiger partial charge in [-0.25, -0.2) is 4.99 Å². The van der Waals surface area contributed by atoms with Gasteiger partial charge in [-0.2, -0.15) is 0 Å². The fraction of sp³-hybridized carbons (Fsp3) is 0.440. The van der Waals surface area contributed by atoms with Gasteiger partial charge in [0.15, 0.2) is 5.96 Å². The van der Waals surface area contributed by atoms with Gasteiger partial charge in [0.2, 0.25) is 5.91 Å². The van der Waals surface area contributed by atoms with E-state index in [0.717, 1.165) is 30.9 Å². The zero-order chi connectivity index (χ0) is 22.6. The third kappa shape index (κ3) is 7.27. The first kappa shape index (κ1) is 23.6. The van der Waals surface area contributed by atoms with Crippen molar-refractivity contribution in [1.29, 1.82) is 0 Å². The minimum Gasteiger partial charge on any atom is -0.497 e. The van der Waals surface area contributed by atoms with Gasteiger partial charge in [-0.1, -0.05) is 42.5 Å². The van der Waals surface area contributed by atoms with Crippen molar-refractivity contribution in [3.05, 3.63) is 65.7 Å². The van der Waals surface area contributed by atoms with Crippen LogP contribution in [0.15, 0.2) is 59.6 Å². The summed E-state index contributed by atoms with van der Waals surface area (Å²) in [6.07, 6.45) is 2.45. The summed E-state index contributed by atoms with van der Waals surface area (Å²) in [5.74, 6) is 1.41. The third-order valence-electron chi connectivity index (χ3n) is 5.60. The van der Waals surface area contributed by atoms with Gasteiger partial charge in [-0.15, -0.1) is 0 Å². The Kier molecular flexibility index (Phi) is 9.37. The predicted octanol–water partition coefficient (Wildman–Crippen LogP) is 2.70. The molecule has 1 fully saturated rings. The molecule has 0 spiro atoms. The van der Waals surface area contributed by atoms with Gasteiger partial charge in [-0.3, -0.25) is 9.69 Å². The molecule has 1 heterocycles. The first-order valence-electron chi connectivity index (χ1n) is 11.4. The fourth-order valence-electron chi connectivity index (χ4n) is 3.88. The highest BCUT2D eigenvalue weighted by molar-refractivity contribution is 5.84. The highest BCUT2D eigenvalue weighted by Gasteiger charge is 2.23. The molecule has 7 nitrogen and oxygen atoms in total. The molecule has 1 amide bonds. The van der Waals surface area contributed by atoms with Crippen LogP contribution in [0.3, 0.4) is 0 Å². The molecule has 0 aliphatic carbocycles. The van der Waals surface area contributed by atoms with Crippen LogP contribution < -0.4 is 20.7 Å². The number of rotatable bonds is 10. The number of hydrogen-bond acceptors (Lipinski definition) is 4. The van der Waals surface area contributed by atoms with Crippen LogP contribution in [0, 0.1) is 0 Å². The summed E-state index contributed by atoms with van der Waals surface area (Å²) in [6, 6.07) is 18.4. The molecule has 0 saturated carbocycles. The van der Waals surface area contributed by atoms with E-state index >= 15 is 0 Å². The Morgan fingerprint density at radius 1 is 1.03 bits per heavy atom. The summed E-state index contributed by atoms with van der Waals surface area (Å²) in [7, 11) is 1.68. The molecule has 0 bridgehead atoms. The van der Waals surface area contributed by atoms with E-state index in [1.54, 1.807) is 7.11 Å². The molecule has 3 N–H and O–H groups in total. The molecule has 1 aliphatic rings. The van der Waals surface area contributed by atoms with E-state index in [-0.39, 0.29) is 18.5 Å². The number of methoxy groups -OCH3 is 1. The molecule has 1 saturated heterocycles. The number of carbonyl (C=O) groups excluding carboxylic acids is 1. The lowest BCUT2D eigenvalue weighted by molar-refractivity contribution is -0.119. The topological polar surface area (TPSA) is 78.0 Å². The maximum absolute atomic E-state index is 12.3. The lowest BCUT2D eigenvalue weighted by Gasteiger charge is -2.29. The van der Waals surface area contributed by atoms with Crippen LogP contribution in [0.2, 0.25) is 0 Å². The quantitative estimate of drug-likeness (QED) is 0.394. The first-order chi connectivity index (χ1) is 15.7. The number of nitrogens with one attached hydrogen (secondary N) is 3. The van der Waals surface area contributed by atoms with Crippen molar-refractivity contribution in [3.63, 3.8) is 0 Å². The van der Waals surface area contributed by atoms with Gasteiger partial charge in [0, 0.05) is 19.6 Å². The van der Waals surface area contributed by atoms with Gasteiger partial charge in [0.25, 0.3) is 0 Å². The van der Waals surface area contributed by atoms with Crippen LogP contribution in [0.1, 0.15) is 36.9 Å². The van der Waals surface area contributed by atoms with Crippen LogP contribution in [-0.4, -0.2) is 56.6 Å². The lowest BCUT2D eigenvalue weighted by Crippen LogP contribution is -2.43. The second-order valence-corrected chi connectivity index (χ2v) is 7.87. The standard InChI is InChI=1S/C25H35N5O2/c1-3-26-25(29-19-24(31)27-17-20-9-5-4-6-10-20)28-18-23(30-15-7-8-16-30)21-11-13-22(32-2)14-12-21/h4-6,9-14,23H,3,7-8,15-19H2,1-2H3,(H,27,31)(H2,26,28,29). The number of ether oxygens (including phenoxy) is 1. The summed E-state index contributed by atoms with van der Waals surface area (Å²) < 4.78 is 5.31. The molecular formula is C25H35N5O2. The van der Waals surface area contributed by atoms with E-state index < -0.39 is 0 Å². The number of amides is 1. The maximum atomic E-state index is 12.3. The van der Waals surface area contributed by atoms with Gasteiger partial charge in [-0.05, 0) is 56.1 Å².